The first-order valence-electron chi connectivity index (χ1n) is 5.41. The lowest BCUT2D eigenvalue weighted by Gasteiger charge is -2.19. The van der Waals surface area contributed by atoms with E-state index in [2.05, 4.69) is 4.98 Å². The van der Waals surface area contributed by atoms with Gasteiger partial charge in [0.05, 0.1) is 11.0 Å². The van der Waals surface area contributed by atoms with Crippen molar-refractivity contribution < 1.29 is 13.9 Å². The predicted molar refractivity (Wildman–Crippen MR) is 64.1 cm³/mol. The quantitative estimate of drug-likeness (QED) is 0.782. The van der Waals surface area contributed by atoms with Gasteiger partial charge in [0, 0.05) is 0 Å². The molecular weight excluding hydrogens is 239 g/mol. The minimum atomic E-state index is -0.787. The first-order chi connectivity index (χ1) is 8.28. The van der Waals surface area contributed by atoms with Crippen molar-refractivity contribution in [3.05, 3.63) is 34.5 Å². The van der Waals surface area contributed by atoms with Crippen LogP contribution in [0.3, 0.4) is 0 Å². The lowest BCUT2D eigenvalue weighted by atomic mass is 10.2. The Hall–Kier alpha value is -2.11. The SMILES string of the molecule is CC(C)(C)OC(=O)n1c(=O)[nH]c2cc(F)ccc21. The number of benzene rings is 1. The third kappa shape index (κ3) is 2.27. The van der Waals surface area contributed by atoms with Crippen molar-refractivity contribution in [1.29, 1.82) is 0 Å². The predicted octanol–water partition coefficient (Wildman–Crippen LogP) is 2.25. The number of imidazole rings is 1. The van der Waals surface area contributed by atoms with Gasteiger partial charge in [0.25, 0.3) is 0 Å². The van der Waals surface area contributed by atoms with Crippen molar-refractivity contribution >= 4 is 17.1 Å². The van der Waals surface area contributed by atoms with E-state index in [1.54, 1.807) is 20.8 Å². The van der Waals surface area contributed by atoms with Gasteiger partial charge in [-0.15, -0.1) is 0 Å². The summed E-state index contributed by atoms with van der Waals surface area (Å²) in [6.45, 7) is 5.10. The maximum absolute atomic E-state index is 13.0. The minimum Gasteiger partial charge on any atom is -0.443 e. The fourth-order valence-electron chi connectivity index (χ4n) is 1.57. The maximum Gasteiger partial charge on any atom is 0.423 e. The van der Waals surface area contributed by atoms with Crippen LogP contribution in [0.25, 0.3) is 11.0 Å². The summed E-state index contributed by atoms with van der Waals surface area (Å²) >= 11 is 0. The molecule has 2 rings (SSSR count). The van der Waals surface area contributed by atoms with Crippen LogP contribution < -0.4 is 5.69 Å². The van der Waals surface area contributed by atoms with Gasteiger partial charge in [-0.1, -0.05) is 0 Å². The molecule has 18 heavy (non-hydrogen) atoms. The number of hydrogen-bond acceptors (Lipinski definition) is 3. The first kappa shape index (κ1) is 12.3. The Morgan fingerprint density at radius 2 is 2.06 bits per heavy atom. The number of aromatic nitrogens is 2. The van der Waals surface area contributed by atoms with Crippen LogP contribution in [0.5, 0.6) is 0 Å². The van der Waals surface area contributed by atoms with Gasteiger partial charge >= 0.3 is 11.8 Å². The van der Waals surface area contributed by atoms with E-state index in [0.29, 0.717) is 0 Å². The summed E-state index contributed by atoms with van der Waals surface area (Å²) < 4.78 is 19.0. The van der Waals surface area contributed by atoms with Crippen molar-refractivity contribution in [3.63, 3.8) is 0 Å². The summed E-state index contributed by atoms with van der Waals surface area (Å²) in [5.41, 5.74) is -0.813. The largest absolute Gasteiger partial charge is 0.443 e. The third-order valence-corrected chi connectivity index (χ3v) is 2.22. The Kier molecular flexibility index (Phi) is 2.73. The molecule has 0 aliphatic heterocycles. The number of carbonyl (C=O) groups excluding carboxylic acids is 1. The molecule has 0 unspecified atom stereocenters. The number of ether oxygens (including phenoxy) is 1. The molecule has 1 N–H and O–H groups in total. The van der Waals surface area contributed by atoms with Crippen LogP contribution in [0.15, 0.2) is 23.0 Å². The van der Waals surface area contributed by atoms with Crippen LogP contribution in [0, 0.1) is 5.82 Å². The molecule has 0 bridgehead atoms. The lowest BCUT2D eigenvalue weighted by molar-refractivity contribution is 0.0538. The number of nitrogens with zero attached hydrogens (tertiary/aromatic N) is 1. The molecule has 0 saturated carbocycles. The topological polar surface area (TPSA) is 64.1 Å². The molecular formula is C12H13FN2O3. The smallest absolute Gasteiger partial charge is 0.423 e. The van der Waals surface area contributed by atoms with E-state index in [4.69, 9.17) is 4.74 Å². The zero-order valence-electron chi connectivity index (χ0n) is 10.3. The van der Waals surface area contributed by atoms with E-state index in [1.807, 2.05) is 0 Å². The first-order valence-corrected chi connectivity index (χ1v) is 5.41. The summed E-state index contributed by atoms with van der Waals surface area (Å²) in [7, 11) is 0. The van der Waals surface area contributed by atoms with E-state index in [9.17, 15) is 14.0 Å². The van der Waals surface area contributed by atoms with E-state index in [1.165, 1.54) is 12.1 Å². The number of carbonyl (C=O) groups is 1. The van der Waals surface area contributed by atoms with Crippen LogP contribution in [-0.2, 0) is 4.74 Å². The summed E-state index contributed by atoms with van der Waals surface area (Å²) in [6.07, 6.45) is -0.787. The molecule has 5 nitrogen and oxygen atoms in total. The Bertz CT molecular complexity index is 664. The second-order valence-electron chi connectivity index (χ2n) is 4.91. The van der Waals surface area contributed by atoms with Crippen LogP contribution in [-0.4, -0.2) is 21.2 Å². The van der Waals surface area contributed by atoms with E-state index < -0.39 is 23.2 Å². The highest BCUT2D eigenvalue weighted by atomic mass is 19.1. The fraction of sp³-hybridized carbons (Fsp3) is 0.333. The highest BCUT2D eigenvalue weighted by Gasteiger charge is 2.21. The molecule has 0 fully saturated rings. The maximum atomic E-state index is 13.0. The summed E-state index contributed by atoms with van der Waals surface area (Å²) in [5, 5.41) is 0. The number of rotatable bonds is 0. The van der Waals surface area contributed by atoms with Gasteiger partial charge in [0.15, 0.2) is 0 Å². The molecule has 6 heteroatoms. The molecule has 0 spiro atoms. The van der Waals surface area contributed by atoms with Crippen molar-refractivity contribution in [2.45, 2.75) is 26.4 Å². The number of nitrogens with one attached hydrogen (secondary N) is 1. The molecule has 2 aromatic rings. The van der Waals surface area contributed by atoms with Gasteiger partial charge in [0.2, 0.25) is 0 Å². The second-order valence-corrected chi connectivity index (χ2v) is 4.91. The number of aromatic amines is 1. The van der Waals surface area contributed by atoms with Gasteiger partial charge in [-0.3, -0.25) is 0 Å². The average Bonchev–Trinajstić information content (AvgIpc) is 2.50. The molecule has 0 amide bonds. The second kappa shape index (κ2) is 3.97. The normalized spacial score (nSPS) is 11.8. The standard InChI is InChI=1S/C12H13FN2O3/c1-12(2,3)18-11(17)15-9-5-4-7(13)6-8(9)14-10(15)16/h4-6H,1-3H3,(H,14,16). The number of H-pyrrole nitrogens is 1. The van der Waals surface area contributed by atoms with Gasteiger partial charge in [-0.2, -0.15) is 4.57 Å². The number of halogens is 1. The highest BCUT2D eigenvalue weighted by Crippen LogP contribution is 2.14. The molecule has 0 saturated heterocycles. The van der Waals surface area contributed by atoms with Gasteiger partial charge in [0.1, 0.15) is 11.4 Å². The monoisotopic (exact) mass is 252 g/mol. The number of fused-ring (bicyclic) bond motifs is 1. The highest BCUT2D eigenvalue weighted by molar-refractivity contribution is 5.86. The van der Waals surface area contributed by atoms with Crippen molar-refractivity contribution in [2.75, 3.05) is 0 Å². The molecule has 0 aliphatic carbocycles. The minimum absolute atomic E-state index is 0.255. The molecule has 1 heterocycles. The fourth-order valence-corrected chi connectivity index (χ4v) is 1.57. The van der Waals surface area contributed by atoms with Crippen LogP contribution in [0.2, 0.25) is 0 Å². The Morgan fingerprint density at radius 1 is 1.39 bits per heavy atom. The Morgan fingerprint density at radius 3 is 2.67 bits per heavy atom. The molecule has 0 radical (unpaired) electrons. The van der Waals surface area contributed by atoms with Crippen LogP contribution in [0.4, 0.5) is 9.18 Å². The zero-order chi connectivity index (χ0) is 13.5. The van der Waals surface area contributed by atoms with Crippen molar-refractivity contribution in [2.24, 2.45) is 0 Å². The lowest BCUT2D eigenvalue weighted by Crippen LogP contribution is -2.32. The van der Waals surface area contributed by atoms with Gasteiger partial charge in [-0.05, 0) is 39.0 Å². The Labute approximate surface area is 102 Å². The van der Waals surface area contributed by atoms with Crippen molar-refractivity contribution in [1.82, 2.24) is 9.55 Å². The van der Waals surface area contributed by atoms with Crippen molar-refractivity contribution in [3.8, 4) is 0 Å². The van der Waals surface area contributed by atoms with Gasteiger partial charge < -0.3 is 9.72 Å². The Balaban J connectivity index is 2.54. The molecule has 1 aromatic carbocycles. The molecule has 0 aliphatic rings. The summed E-state index contributed by atoms with van der Waals surface area (Å²) in [6, 6.07) is 3.68. The van der Waals surface area contributed by atoms with Gasteiger partial charge in [-0.25, -0.2) is 14.0 Å². The van der Waals surface area contributed by atoms with E-state index in [-0.39, 0.29) is 11.0 Å². The van der Waals surface area contributed by atoms with E-state index >= 15 is 0 Å². The summed E-state index contributed by atoms with van der Waals surface area (Å²) in [4.78, 5) is 25.9. The summed E-state index contributed by atoms with van der Waals surface area (Å²) in [5.74, 6) is -0.486. The van der Waals surface area contributed by atoms with Crippen LogP contribution >= 0.6 is 0 Å². The average molecular weight is 252 g/mol. The van der Waals surface area contributed by atoms with E-state index in [0.717, 1.165) is 10.6 Å². The molecule has 1 aromatic heterocycles. The zero-order valence-corrected chi connectivity index (χ0v) is 10.3. The van der Waals surface area contributed by atoms with Crippen LogP contribution in [0.1, 0.15) is 20.8 Å². The molecule has 96 valence electrons. The molecule has 0 atom stereocenters. The third-order valence-electron chi connectivity index (χ3n) is 2.22. The number of hydrogen-bond donors (Lipinski definition) is 1.